The first-order valence-electron chi connectivity index (χ1n) is 9.94. The molecule has 0 aliphatic carbocycles. The van der Waals surface area contributed by atoms with Gasteiger partial charge in [0.15, 0.2) is 0 Å². The third-order valence-electron chi connectivity index (χ3n) is 5.36. The van der Waals surface area contributed by atoms with Crippen LogP contribution in [0, 0.1) is 5.92 Å². The molecule has 1 aliphatic heterocycles. The Balaban J connectivity index is 1.43. The van der Waals surface area contributed by atoms with Gasteiger partial charge >= 0.3 is 5.97 Å². The molecule has 0 atom stereocenters. The molecule has 1 fully saturated rings. The van der Waals surface area contributed by atoms with Gasteiger partial charge in [0.25, 0.3) is 0 Å². The summed E-state index contributed by atoms with van der Waals surface area (Å²) in [6.45, 7) is 1.53. The summed E-state index contributed by atoms with van der Waals surface area (Å²) < 4.78 is 0. The van der Waals surface area contributed by atoms with Gasteiger partial charge in [-0.05, 0) is 48.8 Å². The third-order valence-corrected chi connectivity index (χ3v) is 5.36. The van der Waals surface area contributed by atoms with E-state index in [0.29, 0.717) is 17.9 Å². The number of carbonyl (C=O) groups excluding carboxylic acids is 1. The topological polar surface area (TPSA) is 57.6 Å². The van der Waals surface area contributed by atoms with E-state index in [2.05, 4.69) is 12.2 Å². The normalized spacial score (nSPS) is 15.1. The number of piperidine rings is 1. The zero-order valence-electron chi connectivity index (χ0n) is 16.1. The Morgan fingerprint density at radius 3 is 2.39 bits per heavy atom. The van der Waals surface area contributed by atoms with Crippen molar-refractivity contribution in [3.8, 4) is 0 Å². The van der Waals surface area contributed by atoms with Gasteiger partial charge in [-0.3, -0.25) is 4.79 Å². The SMILES string of the molecule is O=C(O)c1ccccc1CC1CCN(C(=O)CC/C=C/c2ccccc2)CC1. The summed E-state index contributed by atoms with van der Waals surface area (Å²) in [5.41, 5.74) is 2.44. The summed E-state index contributed by atoms with van der Waals surface area (Å²) in [5, 5.41) is 9.33. The molecule has 0 bridgehead atoms. The van der Waals surface area contributed by atoms with E-state index in [1.807, 2.05) is 47.4 Å². The molecular weight excluding hydrogens is 350 g/mol. The van der Waals surface area contributed by atoms with Crippen LogP contribution in [0.3, 0.4) is 0 Å². The van der Waals surface area contributed by atoms with E-state index in [1.165, 1.54) is 0 Å². The Morgan fingerprint density at radius 2 is 1.68 bits per heavy atom. The van der Waals surface area contributed by atoms with Gasteiger partial charge in [-0.15, -0.1) is 0 Å². The number of likely N-dealkylation sites (tertiary alicyclic amines) is 1. The van der Waals surface area contributed by atoms with Crippen LogP contribution in [-0.2, 0) is 11.2 Å². The van der Waals surface area contributed by atoms with Crippen LogP contribution in [0.5, 0.6) is 0 Å². The molecule has 0 spiro atoms. The largest absolute Gasteiger partial charge is 0.478 e. The predicted molar refractivity (Wildman–Crippen MR) is 111 cm³/mol. The van der Waals surface area contributed by atoms with Crippen molar-refractivity contribution in [3.63, 3.8) is 0 Å². The van der Waals surface area contributed by atoms with Crippen molar-refractivity contribution >= 4 is 18.0 Å². The summed E-state index contributed by atoms with van der Waals surface area (Å²) in [5.74, 6) is -0.226. The van der Waals surface area contributed by atoms with Gasteiger partial charge in [0.1, 0.15) is 0 Å². The minimum absolute atomic E-state index is 0.210. The van der Waals surface area contributed by atoms with Crippen molar-refractivity contribution in [2.75, 3.05) is 13.1 Å². The highest BCUT2D eigenvalue weighted by Crippen LogP contribution is 2.24. The number of carboxylic acid groups (broad SMARTS) is 1. The molecule has 3 rings (SSSR count). The average molecular weight is 377 g/mol. The Kier molecular flexibility index (Phi) is 7.01. The van der Waals surface area contributed by atoms with E-state index in [9.17, 15) is 14.7 Å². The molecule has 0 unspecified atom stereocenters. The van der Waals surface area contributed by atoms with Crippen molar-refractivity contribution in [1.82, 2.24) is 4.90 Å². The van der Waals surface area contributed by atoms with Gasteiger partial charge in [-0.25, -0.2) is 4.79 Å². The molecule has 2 aromatic carbocycles. The Bertz CT molecular complexity index is 821. The predicted octanol–water partition coefficient (Wildman–Crippen LogP) is 4.66. The zero-order chi connectivity index (χ0) is 19.8. The highest BCUT2D eigenvalue weighted by molar-refractivity contribution is 5.89. The molecule has 1 saturated heterocycles. The fraction of sp³-hybridized carbons (Fsp3) is 0.333. The minimum Gasteiger partial charge on any atom is -0.478 e. The number of hydrogen-bond donors (Lipinski definition) is 1. The Labute approximate surface area is 166 Å². The first kappa shape index (κ1) is 19.9. The van der Waals surface area contributed by atoms with Gasteiger partial charge in [0.2, 0.25) is 5.91 Å². The second-order valence-corrected chi connectivity index (χ2v) is 7.34. The molecule has 4 heteroatoms. The number of amides is 1. The quantitative estimate of drug-likeness (QED) is 0.763. The number of nitrogens with zero attached hydrogens (tertiary/aromatic N) is 1. The van der Waals surface area contributed by atoms with E-state index >= 15 is 0 Å². The highest BCUT2D eigenvalue weighted by Gasteiger charge is 2.23. The lowest BCUT2D eigenvalue weighted by atomic mass is 9.88. The molecule has 1 heterocycles. The first-order chi connectivity index (χ1) is 13.6. The molecule has 2 aromatic rings. The van der Waals surface area contributed by atoms with E-state index in [-0.39, 0.29) is 5.91 Å². The molecule has 4 nitrogen and oxygen atoms in total. The maximum atomic E-state index is 12.4. The third kappa shape index (κ3) is 5.56. The lowest BCUT2D eigenvalue weighted by Gasteiger charge is -2.32. The van der Waals surface area contributed by atoms with Crippen molar-refractivity contribution in [2.24, 2.45) is 5.92 Å². The van der Waals surface area contributed by atoms with Crippen LogP contribution in [-0.4, -0.2) is 35.0 Å². The van der Waals surface area contributed by atoms with Gasteiger partial charge < -0.3 is 10.0 Å². The van der Waals surface area contributed by atoms with E-state index in [0.717, 1.165) is 49.9 Å². The van der Waals surface area contributed by atoms with Gasteiger partial charge in [0.05, 0.1) is 5.56 Å². The maximum absolute atomic E-state index is 12.4. The molecule has 146 valence electrons. The average Bonchev–Trinajstić information content (AvgIpc) is 2.72. The fourth-order valence-corrected chi connectivity index (χ4v) is 3.75. The standard InChI is InChI=1S/C24H27NO3/c26-23(13-7-4-10-19-8-2-1-3-9-19)25-16-14-20(15-17-25)18-21-11-5-6-12-22(21)24(27)28/h1-6,8-12,20H,7,13-18H2,(H,27,28)/b10-4+. The molecule has 0 radical (unpaired) electrons. The number of allylic oxidation sites excluding steroid dienone is 1. The van der Waals surface area contributed by atoms with Crippen LogP contribution in [0.1, 0.15) is 47.2 Å². The van der Waals surface area contributed by atoms with Crippen LogP contribution < -0.4 is 0 Å². The van der Waals surface area contributed by atoms with Gasteiger partial charge in [-0.2, -0.15) is 0 Å². The zero-order valence-corrected chi connectivity index (χ0v) is 16.1. The van der Waals surface area contributed by atoms with E-state index in [1.54, 1.807) is 12.1 Å². The summed E-state index contributed by atoms with van der Waals surface area (Å²) in [6, 6.07) is 17.3. The van der Waals surface area contributed by atoms with Crippen molar-refractivity contribution < 1.29 is 14.7 Å². The Hall–Kier alpha value is -2.88. The Morgan fingerprint density at radius 1 is 1.00 bits per heavy atom. The molecule has 0 saturated carbocycles. The molecular formula is C24H27NO3. The van der Waals surface area contributed by atoms with Crippen molar-refractivity contribution in [2.45, 2.75) is 32.1 Å². The molecule has 0 aromatic heterocycles. The molecule has 1 N–H and O–H groups in total. The molecule has 28 heavy (non-hydrogen) atoms. The smallest absolute Gasteiger partial charge is 0.335 e. The second kappa shape index (κ2) is 9.88. The molecule has 1 aliphatic rings. The number of benzene rings is 2. The summed E-state index contributed by atoms with van der Waals surface area (Å²) in [6.07, 6.45) is 8.03. The van der Waals surface area contributed by atoms with Crippen molar-refractivity contribution in [1.29, 1.82) is 0 Å². The van der Waals surface area contributed by atoms with Gasteiger partial charge in [0, 0.05) is 19.5 Å². The van der Waals surface area contributed by atoms with Crippen LogP contribution in [0.15, 0.2) is 60.7 Å². The maximum Gasteiger partial charge on any atom is 0.335 e. The number of hydrogen-bond acceptors (Lipinski definition) is 2. The number of rotatable bonds is 7. The van der Waals surface area contributed by atoms with Crippen LogP contribution in [0.2, 0.25) is 0 Å². The number of carboxylic acids is 1. The second-order valence-electron chi connectivity index (χ2n) is 7.34. The highest BCUT2D eigenvalue weighted by atomic mass is 16.4. The van der Waals surface area contributed by atoms with Crippen LogP contribution in [0.4, 0.5) is 0 Å². The lowest BCUT2D eigenvalue weighted by molar-refractivity contribution is -0.132. The van der Waals surface area contributed by atoms with Gasteiger partial charge in [-0.1, -0.05) is 60.7 Å². The number of aromatic carboxylic acids is 1. The first-order valence-corrected chi connectivity index (χ1v) is 9.94. The summed E-state index contributed by atoms with van der Waals surface area (Å²) in [4.78, 5) is 25.7. The van der Waals surface area contributed by atoms with E-state index in [4.69, 9.17) is 0 Å². The van der Waals surface area contributed by atoms with Crippen LogP contribution in [0.25, 0.3) is 6.08 Å². The minimum atomic E-state index is -0.869. The molecule has 1 amide bonds. The van der Waals surface area contributed by atoms with Crippen molar-refractivity contribution in [3.05, 3.63) is 77.4 Å². The lowest BCUT2D eigenvalue weighted by Crippen LogP contribution is -2.38. The fourth-order valence-electron chi connectivity index (χ4n) is 3.75. The summed E-state index contributed by atoms with van der Waals surface area (Å²) in [7, 11) is 0. The summed E-state index contributed by atoms with van der Waals surface area (Å²) >= 11 is 0. The number of carbonyl (C=O) groups is 2. The van der Waals surface area contributed by atoms with E-state index < -0.39 is 5.97 Å². The van der Waals surface area contributed by atoms with Crippen LogP contribution >= 0.6 is 0 Å². The monoisotopic (exact) mass is 377 g/mol.